The highest BCUT2D eigenvalue weighted by atomic mass is 16.6. The molecule has 0 aliphatic heterocycles. The van der Waals surface area contributed by atoms with Gasteiger partial charge in [-0.2, -0.15) is 0 Å². The van der Waals surface area contributed by atoms with E-state index < -0.39 is 40.6 Å². The Morgan fingerprint density at radius 3 is 2.57 bits per heavy atom. The molecule has 3 rings (SSSR count). The van der Waals surface area contributed by atoms with E-state index in [-0.39, 0.29) is 30.0 Å². The molecule has 1 aromatic carbocycles. The Hall–Kier alpha value is -4.48. The van der Waals surface area contributed by atoms with E-state index in [1.807, 2.05) is 20.8 Å². The van der Waals surface area contributed by atoms with Gasteiger partial charge in [0.05, 0.1) is 35.3 Å². The van der Waals surface area contributed by atoms with Crippen molar-refractivity contribution in [2.45, 2.75) is 45.6 Å². The number of aromatic nitrogens is 2. The molecule has 0 bridgehead atoms. The number of pyridine rings is 1. The Labute approximate surface area is 212 Å². The number of imidazole rings is 1. The van der Waals surface area contributed by atoms with Gasteiger partial charge in [0.1, 0.15) is 12.4 Å². The van der Waals surface area contributed by atoms with Crippen molar-refractivity contribution in [3.05, 3.63) is 69.5 Å². The van der Waals surface area contributed by atoms with Crippen LogP contribution in [0.2, 0.25) is 0 Å². The average Bonchev–Trinajstić information content (AvgIpc) is 3.21. The van der Waals surface area contributed by atoms with Gasteiger partial charge in [-0.3, -0.25) is 28.9 Å². The summed E-state index contributed by atoms with van der Waals surface area (Å²) in [6, 6.07) is 7.62. The van der Waals surface area contributed by atoms with Gasteiger partial charge in [0.2, 0.25) is 0 Å². The number of carboxylic acid groups (broad SMARTS) is 1. The van der Waals surface area contributed by atoms with E-state index in [1.165, 1.54) is 24.3 Å². The van der Waals surface area contributed by atoms with E-state index in [0.717, 1.165) is 0 Å². The maximum Gasteiger partial charge on any atom is 0.325 e. The minimum absolute atomic E-state index is 0.103. The van der Waals surface area contributed by atoms with Crippen LogP contribution in [0.4, 0.5) is 11.5 Å². The van der Waals surface area contributed by atoms with Crippen LogP contribution < -0.4 is 10.6 Å². The summed E-state index contributed by atoms with van der Waals surface area (Å²) in [5.74, 6) is -1.72. The zero-order valence-electron chi connectivity index (χ0n) is 21.0. The van der Waals surface area contributed by atoms with Gasteiger partial charge in [0, 0.05) is 23.7 Å². The number of carboxylic acids is 1. The molecule has 196 valence electrons. The van der Waals surface area contributed by atoms with Crippen LogP contribution in [-0.2, 0) is 19.7 Å². The lowest BCUT2D eigenvalue weighted by atomic mass is 9.92. The van der Waals surface area contributed by atoms with Gasteiger partial charge in [-0.15, -0.1) is 0 Å². The molecule has 3 aromatic rings. The molecule has 0 fully saturated rings. The highest BCUT2D eigenvalue weighted by Crippen LogP contribution is 2.31. The van der Waals surface area contributed by atoms with Crippen molar-refractivity contribution in [3.63, 3.8) is 0 Å². The van der Waals surface area contributed by atoms with Crippen molar-refractivity contribution in [1.29, 1.82) is 0 Å². The molecule has 2 heterocycles. The maximum absolute atomic E-state index is 13.4. The Bertz CT molecular complexity index is 1340. The summed E-state index contributed by atoms with van der Waals surface area (Å²) >= 11 is 0. The van der Waals surface area contributed by atoms with Crippen LogP contribution in [-0.4, -0.2) is 50.4 Å². The number of non-ortho nitro benzene ring substituents is 1. The summed E-state index contributed by atoms with van der Waals surface area (Å²) in [5.41, 5.74) is 0.684. The number of aliphatic carboxylic acids is 1. The zero-order valence-corrected chi connectivity index (χ0v) is 21.0. The number of nitrogens with one attached hydrogen (secondary N) is 2. The molecule has 0 aliphatic rings. The number of hydrogen-bond acceptors (Lipinski definition) is 8. The van der Waals surface area contributed by atoms with Crippen LogP contribution in [0.3, 0.4) is 0 Å². The molecular weight excluding hydrogens is 482 g/mol. The van der Waals surface area contributed by atoms with Crippen LogP contribution in [0, 0.1) is 10.1 Å². The van der Waals surface area contributed by atoms with E-state index in [9.17, 15) is 29.6 Å². The molecule has 1 unspecified atom stereocenters. The lowest BCUT2D eigenvalue weighted by Gasteiger charge is -2.18. The quantitative estimate of drug-likeness (QED) is 0.210. The first kappa shape index (κ1) is 27.1. The first-order valence-corrected chi connectivity index (χ1v) is 11.6. The van der Waals surface area contributed by atoms with Crippen LogP contribution in [0.15, 0.2) is 42.6 Å². The van der Waals surface area contributed by atoms with Gasteiger partial charge in [0.15, 0.2) is 5.65 Å². The number of benzene rings is 1. The summed E-state index contributed by atoms with van der Waals surface area (Å²) < 4.78 is 6.64. The molecule has 12 heteroatoms. The van der Waals surface area contributed by atoms with Crippen LogP contribution in [0.25, 0.3) is 5.65 Å². The van der Waals surface area contributed by atoms with E-state index in [0.29, 0.717) is 17.2 Å². The summed E-state index contributed by atoms with van der Waals surface area (Å²) in [6.45, 7) is 7.67. The van der Waals surface area contributed by atoms with Gasteiger partial charge >= 0.3 is 11.9 Å². The molecule has 37 heavy (non-hydrogen) atoms. The number of carbonyl (C=O) groups excluding carboxylic acids is 2. The fourth-order valence-electron chi connectivity index (χ4n) is 3.82. The topological polar surface area (TPSA) is 165 Å². The van der Waals surface area contributed by atoms with Crippen LogP contribution in [0.5, 0.6) is 0 Å². The van der Waals surface area contributed by atoms with Gasteiger partial charge in [0.25, 0.3) is 11.6 Å². The number of anilines is 1. The standard InChI is InChI=1S/C25H29N5O7/c1-5-37-20(33)14-26-23-21(25(2,3)4)28-22-17(10-7-11-29(22)23)24(34)27-18(13-19(31)32)15-8-6-9-16(12-15)30(35)36/h6-12,18,26H,5,13-14H2,1-4H3,(H,27,34)(H,31,32). The number of nitrogens with zero attached hydrogens (tertiary/aromatic N) is 3. The molecule has 0 saturated carbocycles. The SMILES string of the molecule is CCOC(=O)CNc1c(C(C)(C)C)nc2c(C(=O)NC(CC(=O)O)c3cccc([N+](=O)[O-])c3)cccn12. The minimum Gasteiger partial charge on any atom is -0.481 e. The van der Waals surface area contributed by atoms with Gasteiger partial charge < -0.3 is 20.5 Å². The Balaban J connectivity index is 2.01. The molecule has 3 N–H and O–H groups in total. The fraction of sp³-hybridized carbons (Fsp3) is 0.360. The predicted molar refractivity (Wildman–Crippen MR) is 135 cm³/mol. The van der Waals surface area contributed by atoms with E-state index in [1.54, 1.807) is 29.7 Å². The molecule has 1 amide bonds. The molecule has 0 radical (unpaired) electrons. The number of amides is 1. The third-order valence-electron chi connectivity index (χ3n) is 5.48. The number of esters is 1. The molecular formula is C25H29N5O7. The summed E-state index contributed by atoms with van der Waals surface area (Å²) in [5, 5.41) is 26.3. The lowest BCUT2D eigenvalue weighted by molar-refractivity contribution is -0.384. The van der Waals surface area contributed by atoms with E-state index in [4.69, 9.17) is 4.74 Å². The second kappa shape index (κ2) is 11.1. The van der Waals surface area contributed by atoms with E-state index in [2.05, 4.69) is 15.6 Å². The average molecular weight is 512 g/mol. The zero-order chi connectivity index (χ0) is 27.3. The maximum atomic E-state index is 13.4. The van der Waals surface area contributed by atoms with Crippen molar-refractivity contribution in [2.75, 3.05) is 18.5 Å². The molecule has 0 saturated heterocycles. The number of ether oxygens (including phenoxy) is 1. The Morgan fingerprint density at radius 1 is 1.22 bits per heavy atom. The smallest absolute Gasteiger partial charge is 0.325 e. The van der Waals surface area contributed by atoms with Crippen molar-refractivity contribution < 1.29 is 29.2 Å². The molecule has 0 aliphatic carbocycles. The highest BCUT2D eigenvalue weighted by molar-refractivity contribution is 6.00. The van der Waals surface area contributed by atoms with Crippen LogP contribution in [0.1, 0.15) is 61.8 Å². The van der Waals surface area contributed by atoms with Gasteiger partial charge in [-0.05, 0) is 24.6 Å². The number of rotatable bonds is 10. The second-order valence-electron chi connectivity index (χ2n) is 9.31. The first-order chi connectivity index (χ1) is 17.4. The van der Waals surface area contributed by atoms with Gasteiger partial charge in [-0.1, -0.05) is 32.9 Å². The third-order valence-corrected chi connectivity index (χ3v) is 5.48. The number of nitro groups is 1. The number of nitro benzene ring substituents is 1. The Morgan fingerprint density at radius 2 is 1.95 bits per heavy atom. The minimum atomic E-state index is -1.18. The fourth-order valence-corrected chi connectivity index (χ4v) is 3.82. The lowest BCUT2D eigenvalue weighted by Crippen LogP contribution is -2.30. The number of fused-ring (bicyclic) bond motifs is 1. The summed E-state index contributed by atoms with van der Waals surface area (Å²) in [4.78, 5) is 52.1. The van der Waals surface area contributed by atoms with Crippen molar-refractivity contribution in [3.8, 4) is 0 Å². The summed E-state index contributed by atoms with van der Waals surface area (Å²) in [6.07, 6.45) is 1.21. The molecule has 0 spiro atoms. The van der Waals surface area contributed by atoms with Crippen molar-refractivity contribution in [1.82, 2.24) is 14.7 Å². The number of hydrogen-bond donors (Lipinski definition) is 3. The largest absolute Gasteiger partial charge is 0.481 e. The van der Waals surface area contributed by atoms with Crippen LogP contribution >= 0.6 is 0 Å². The van der Waals surface area contributed by atoms with Crippen molar-refractivity contribution in [2.24, 2.45) is 0 Å². The normalized spacial score (nSPS) is 12.1. The molecule has 1 atom stereocenters. The van der Waals surface area contributed by atoms with Gasteiger partial charge in [-0.25, -0.2) is 4.98 Å². The molecule has 12 nitrogen and oxygen atoms in total. The van der Waals surface area contributed by atoms with Crippen molar-refractivity contribution >= 4 is 35.0 Å². The first-order valence-electron chi connectivity index (χ1n) is 11.6. The highest BCUT2D eigenvalue weighted by Gasteiger charge is 2.28. The molecule has 2 aromatic heterocycles. The Kier molecular flexibility index (Phi) is 8.11. The summed E-state index contributed by atoms with van der Waals surface area (Å²) in [7, 11) is 0. The third kappa shape index (κ3) is 6.40. The van der Waals surface area contributed by atoms with E-state index >= 15 is 0 Å². The monoisotopic (exact) mass is 511 g/mol. The second-order valence-corrected chi connectivity index (χ2v) is 9.31. The number of carbonyl (C=O) groups is 3. The predicted octanol–water partition coefficient (Wildman–Crippen LogP) is 3.46.